The first-order valence-electron chi connectivity index (χ1n) is 10.6. The summed E-state index contributed by atoms with van der Waals surface area (Å²) in [5, 5.41) is 18.8. The summed E-state index contributed by atoms with van der Waals surface area (Å²) >= 11 is 0. The van der Waals surface area contributed by atoms with Gasteiger partial charge < -0.3 is 15.1 Å². The van der Waals surface area contributed by atoms with Gasteiger partial charge in [0.15, 0.2) is 11.5 Å². The highest BCUT2D eigenvalue weighted by Gasteiger charge is 2.26. The Morgan fingerprint density at radius 3 is 2.81 bits per heavy atom. The Morgan fingerprint density at radius 2 is 2.00 bits per heavy atom. The number of amides is 2. The lowest BCUT2D eigenvalue weighted by Gasteiger charge is -2.31. The van der Waals surface area contributed by atoms with Crippen LogP contribution in [0, 0.1) is 5.92 Å². The van der Waals surface area contributed by atoms with Gasteiger partial charge in [-0.3, -0.25) is 9.59 Å². The number of nitrogens with zero attached hydrogens (tertiary/aromatic N) is 7. The van der Waals surface area contributed by atoms with Crippen LogP contribution in [0.5, 0.6) is 0 Å². The number of piperidine rings is 1. The van der Waals surface area contributed by atoms with Crippen LogP contribution >= 0.6 is 0 Å². The first kappa shape index (κ1) is 19.4. The van der Waals surface area contributed by atoms with Gasteiger partial charge in [0, 0.05) is 44.2 Å². The quantitative estimate of drug-likeness (QED) is 0.666. The second-order valence-corrected chi connectivity index (χ2v) is 8.09. The summed E-state index contributed by atoms with van der Waals surface area (Å²) in [6.45, 7) is 2.90. The van der Waals surface area contributed by atoms with Crippen molar-refractivity contribution in [2.24, 2.45) is 5.92 Å². The van der Waals surface area contributed by atoms with E-state index in [1.807, 2.05) is 41.3 Å². The standard InChI is InChI=1S/C21H24N8O2/c30-20-5-2-10-28(20)14-15-3-1-4-17(13-15)22-21(31)16-8-11-27(12-9-16)19-7-6-18-23-25-26-29(18)24-19/h1,3-4,6-7,13,16H,2,5,8-12,14H2,(H,22,31). The predicted octanol–water partition coefficient (Wildman–Crippen LogP) is 1.50. The molecule has 0 bridgehead atoms. The minimum absolute atomic E-state index is 0.0398. The minimum atomic E-state index is -0.0446. The van der Waals surface area contributed by atoms with Gasteiger partial charge in [-0.2, -0.15) is 0 Å². The summed E-state index contributed by atoms with van der Waals surface area (Å²) in [4.78, 5) is 28.7. The number of benzene rings is 1. The van der Waals surface area contributed by atoms with E-state index in [0.717, 1.165) is 56.0 Å². The van der Waals surface area contributed by atoms with Gasteiger partial charge in [0.05, 0.1) is 0 Å². The number of likely N-dealkylation sites (tertiary alicyclic amines) is 1. The Labute approximate surface area is 179 Å². The van der Waals surface area contributed by atoms with Crippen LogP contribution < -0.4 is 10.2 Å². The number of anilines is 2. The van der Waals surface area contributed by atoms with Crippen LogP contribution in [0.25, 0.3) is 5.65 Å². The molecule has 0 unspecified atom stereocenters. The van der Waals surface area contributed by atoms with Gasteiger partial charge in [-0.15, -0.1) is 14.8 Å². The summed E-state index contributed by atoms with van der Waals surface area (Å²) in [7, 11) is 0. The van der Waals surface area contributed by atoms with E-state index < -0.39 is 0 Å². The van der Waals surface area contributed by atoms with Crippen LogP contribution in [0.3, 0.4) is 0 Å². The lowest BCUT2D eigenvalue weighted by atomic mass is 9.95. The van der Waals surface area contributed by atoms with E-state index in [9.17, 15) is 9.59 Å². The highest BCUT2D eigenvalue weighted by atomic mass is 16.2. The molecule has 5 rings (SSSR count). The van der Waals surface area contributed by atoms with Gasteiger partial charge in [-0.05, 0) is 59.5 Å². The zero-order valence-corrected chi connectivity index (χ0v) is 17.1. The van der Waals surface area contributed by atoms with Crippen molar-refractivity contribution in [1.82, 2.24) is 30.2 Å². The average molecular weight is 420 g/mol. The number of rotatable bonds is 5. The molecule has 31 heavy (non-hydrogen) atoms. The smallest absolute Gasteiger partial charge is 0.227 e. The van der Waals surface area contributed by atoms with Crippen molar-refractivity contribution < 1.29 is 9.59 Å². The first-order chi connectivity index (χ1) is 15.2. The lowest BCUT2D eigenvalue weighted by Crippen LogP contribution is -2.38. The molecule has 2 fully saturated rings. The Balaban J connectivity index is 1.17. The van der Waals surface area contributed by atoms with Crippen molar-refractivity contribution in [2.45, 2.75) is 32.2 Å². The third-order valence-corrected chi connectivity index (χ3v) is 5.98. The van der Waals surface area contributed by atoms with Gasteiger partial charge in [-0.1, -0.05) is 12.1 Å². The fourth-order valence-electron chi connectivity index (χ4n) is 4.26. The van der Waals surface area contributed by atoms with Gasteiger partial charge >= 0.3 is 0 Å². The molecule has 1 aromatic carbocycles. The normalized spacial score (nSPS) is 17.5. The third kappa shape index (κ3) is 4.18. The summed E-state index contributed by atoms with van der Waals surface area (Å²) in [6, 6.07) is 11.5. The molecule has 0 atom stereocenters. The van der Waals surface area contributed by atoms with Crippen LogP contribution in [0.15, 0.2) is 36.4 Å². The molecule has 4 heterocycles. The monoisotopic (exact) mass is 420 g/mol. The van der Waals surface area contributed by atoms with Crippen LogP contribution in [-0.2, 0) is 16.1 Å². The number of fused-ring (bicyclic) bond motifs is 1. The summed E-state index contributed by atoms with van der Waals surface area (Å²) in [6.07, 6.45) is 3.06. The number of hydrogen-bond donors (Lipinski definition) is 1. The molecule has 160 valence electrons. The van der Waals surface area contributed by atoms with Crippen molar-refractivity contribution in [3.8, 4) is 0 Å². The number of nitrogens with one attached hydrogen (secondary N) is 1. The topological polar surface area (TPSA) is 109 Å². The van der Waals surface area contributed by atoms with Crippen molar-refractivity contribution in [3.63, 3.8) is 0 Å². The van der Waals surface area contributed by atoms with Gasteiger partial charge in [0.25, 0.3) is 0 Å². The van der Waals surface area contributed by atoms with Crippen LogP contribution in [0.4, 0.5) is 11.5 Å². The maximum atomic E-state index is 12.8. The van der Waals surface area contributed by atoms with E-state index in [1.54, 1.807) is 0 Å². The SMILES string of the molecule is O=C(Nc1cccc(CN2CCCC2=O)c1)C1CCN(c2ccc3nnnn3n2)CC1. The number of tetrazole rings is 1. The fourth-order valence-corrected chi connectivity index (χ4v) is 4.26. The summed E-state index contributed by atoms with van der Waals surface area (Å²) in [5.41, 5.74) is 2.42. The highest BCUT2D eigenvalue weighted by Crippen LogP contribution is 2.24. The van der Waals surface area contributed by atoms with Crippen molar-refractivity contribution in [2.75, 3.05) is 29.9 Å². The Morgan fingerprint density at radius 1 is 1.13 bits per heavy atom. The van der Waals surface area contributed by atoms with E-state index in [2.05, 4.69) is 30.8 Å². The second-order valence-electron chi connectivity index (χ2n) is 8.09. The zero-order chi connectivity index (χ0) is 21.2. The van der Waals surface area contributed by atoms with Crippen molar-refractivity contribution in [3.05, 3.63) is 42.0 Å². The highest BCUT2D eigenvalue weighted by molar-refractivity contribution is 5.92. The van der Waals surface area contributed by atoms with E-state index in [1.165, 1.54) is 4.63 Å². The fraction of sp³-hybridized carbons (Fsp3) is 0.429. The molecule has 1 N–H and O–H groups in total. The lowest BCUT2D eigenvalue weighted by molar-refractivity contribution is -0.128. The van der Waals surface area contributed by atoms with Gasteiger partial charge in [0.2, 0.25) is 11.8 Å². The number of aromatic nitrogens is 5. The maximum absolute atomic E-state index is 12.8. The molecule has 0 spiro atoms. The Kier molecular flexibility index (Phi) is 5.19. The van der Waals surface area contributed by atoms with E-state index >= 15 is 0 Å². The molecular weight excluding hydrogens is 396 g/mol. The number of hydrogen-bond acceptors (Lipinski definition) is 7. The molecule has 0 radical (unpaired) electrons. The molecular formula is C21H24N8O2. The molecule has 10 nitrogen and oxygen atoms in total. The second kappa shape index (κ2) is 8.29. The van der Waals surface area contributed by atoms with Crippen LogP contribution in [0.1, 0.15) is 31.2 Å². The minimum Gasteiger partial charge on any atom is -0.355 e. The van der Waals surface area contributed by atoms with Crippen molar-refractivity contribution >= 4 is 29.0 Å². The van der Waals surface area contributed by atoms with Crippen molar-refractivity contribution in [1.29, 1.82) is 0 Å². The number of carbonyl (C=O) groups excluding carboxylic acids is 2. The van der Waals surface area contributed by atoms with E-state index in [4.69, 9.17) is 0 Å². The Bertz CT molecular complexity index is 1110. The molecule has 2 aromatic heterocycles. The zero-order valence-electron chi connectivity index (χ0n) is 17.1. The third-order valence-electron chi connectivity index (χ3n) is 5.98. The van der Waals surface area contributed by atoms with Gasteiger partial charge in [0.1, 0.15) is 0 Å². The molecule has 2 aliphatic heterocycles. The molecule has 2 aliphatic rings. The predicted molar refractivity (Wildman–Crippen MR) is 113 cm³/mol. The average Bonchev–Trinajstić information content (AvgIpc) is 3.42. The molecule has 2 amide bonds. The molecule has 3 aromatic rings. The van der Waals surface area contributed by atoms with E-state index in [0.29, 0.717) is 18.6 Å². The Hall–Kier alpha value is -3.56. The molecule has 2 saturated heterocycles. The number of carbonyl (C=O) groups is 2. The van der Waals surface area contributed by atoms with Crippen LogP contribution in [-0.4, -0.2) is 61.6 Å². The molecule has 0 aliphatic carbocycles. The van der Waals surface area contributed by atoms with E-state index in [-0.39, 0.29) is 17.7 Å². The molecule has 0 saturated carbocycles. The maximum Gasteiger partial charge on any atom is 0.227 e. The first-order valence-corrected chi connectivity index (χ1v) is 10.6. The molecule has 10 heteroatoms. The summed E-state index contributed by atoms with van der Waals surface area (Å²) < 4.78 is 1.41. The van der Waals surface area contributed by atoms with Gasteiger partial charge in [-0.25, -0.2) is 0 Å². The summed E-state index contributed by atoms with van der Waals surface area (Å²) in [5.74, 6) is 1.01. The largest absolute Gasteiger partial charge is 0.355 e. The van der Waals surface area contributed by atoms with Crippen LogP contribution in [0.2, 0.25) is 0 Å².